The first-order chi connectivity index (χ1) is 5.60. The minimum Gasteiger partial charge on any atom is -0.316 e. The van der Waals surface area contributed by atoms with Crippen molar-refractivity contribution in [3.05, 3.63) is 0 Å². The number of halogens is 6. The largest absolute Gasteiger partial charge is 0.401 e. The van der Waals surface area contributed by atoms with Crippen molar-refractivity contribution in [2.45, 2.75) is 25.3 Å². The highest BCUT2D eigenvalue weighted by atomic mass is 19.4. The molecule has 0 heterocycles. The van der Waals surface area contributed by atoms with Crippen LogP contribution >= 0.6 is 0 Å². The molecule has 1 nitrogen and oxygen atoms in total. The van der Waals surface area contributed by atoms with E-state index in [1.165, 1.54) is 0 Å². The Morgan fingerprint density at radius 1 is 0.923 bits per heavy atom. The van der Waals surface area contributed by atoms with E-state index in [-0.39, 0.29) is 0 Å². The van der Waals surface area contributed by atoms with Crippen molar-refractivity contribution >= 4 is 0 Å². The highest BCUT2D eigenvalue weighted by Crippen LogP contribution is 2.41. The van der Waals surface area contributed by atoms with Gasteiger partial charge in [-0.3, -0.25) is 0 Å². The Bertz CT molecular complexity index is 145. The Morgan fingerprint density at radius 3 is 1.31 bits per heavy atom. The van der Waals surface area contributed by atoms with E-state index >= 15 is 0 Å². The van der Waals surface area contributed by atoms with Crippen molar-refractivity contribution in [2.75, 3.05) is 7.05 Å². The summed E-state index contributed by atoms with van der Waals surface area (Å²) >= 11 is 0. The molecule has 0 aromatic heterocycles. The van der Waals surface area contributed by atoms with Gasteiger partial charge in [0.15, 0.2) is 5.92 Å². The second-order valence-corrected chi connectivity index (χ2v) is 2.64. The smallest absolute Gasteiger partial charge is 0.316 e. The zero-order valence-electron chi connectivity index (χ0n) is 6.92. The first-order valence-corrected chi connectivity index (χ1v) is 3.41. The molecular formula is C6H9F6N. The summed E-state index contributed by atoms with van der Waals surface area (Å²) < 4.78 is 71.4. The predicted molar refractivity (Wildman–Crippen MR) is 34.1 cm³/mol. The molecule has 0 spiro atoms. The molecule has 7 heteroatoms. The number of nitrogens with one attached hydrogen (secondary N) is 1. The van der Waals surface area contributed by atoms with Gasteiger partial charge >= 0.3 is 12.4 Å². The first kappa shape index (κ1) is 12.5. The Hall–Kier alpha value is -0.460. The number of hydrogen-bond donors (Lipinski definition) is 1. The van der Waals surface area contributed by atoms with Crippen LogP contribution in [-0.2, 0) is 0 Å². The van der Waals surface area contributed by atoms with Crippen molar-refractivity contribution in [2.24, 2.45) is 5.92 Å². The van der Waals surface area contributed by atoms with E-state index in [0.717, 1.165) is 14.0 Å². The van der Waals surface area contributed by atoms with E-state index in [0.29, 0.717) is 0 Å². The van der Waals surface area contributed by atoms with Crippen molar-refractivity contribution in [3.63, 3.8) is 0 Å². The van der Waals surface area contributed by atoms with Gasteiger partial charge in [0.05, 0.1) is 0 Å². The van der Waals surface area contributed by atoms with Crippen molar-refractivity contribution in [3.8, 4) is 0 Å². The lowest BCUT2D eigenvalue weighted by Crippen LogP contribution is -2.48. The summed E-state index contributed by atoms with van der Waals surface area (Å²) in [4.78, 5) is 0. The normalized spacial score (nSPS) is 16.4. The standard InChI is InChI=1S/C6H9F6N/c1-3(13-2)4(5(7,8)9)6(10,11)12/h3-4,13H,1-2H3. The predicted octanol–water partition coefficient (Wildman–Crippen LogP) is 2.34. The zero-order chi connectivity index (χ0) is 10.9. The third-order valence-corrected chi connectivity index (χ3v) is 1.66. The maximum Gasteiger partial charge on any atom is 0.401 e. The van der Waals surface area contributed by atoms with Gasteiger partial charge in [-0.1, -0.05) is 0 Å². The van der Waals surface area contributed by atoms with Gasteiger partial charge in [0.1, 0.15) is 0 Å². The van der Waals surface area contributed by atoms with E-state index in [1.54, 1.807) is 0 Å². The molecule has 80 valence electrons. The fraction of sp³-hybridized carbons (Fsp3) is 1.00. The van der Waals surface area contributed by atoms with Crippen LogP contribution in [0.1, 0.15) is 6.92 Å². The third-order valence-electron chi connectivity index (χ3n) is 1.66. The van der Waals surface area contributed by atoms with Crippen LogP contribution in [0.15, 0.2) is 0 Å². The summed E-state index contributed by atoms with van der Waals surface area (Å²) in [7, 11) is 1.05. The summed E-state index contributed by atoms with van der Waals surface area (Å²) in [6.07, 6.45) is -10.5. The van der Waals surface area contributed by atoms with Crippen LogP contribution < -0.4 is 5.32 Å². The van der Waals surface area contributed by atoms with Gasteiger partial charge in [-0.15, -0.1) is 0 Å². The summed E-state index contributed by atoms with van der Waals surface area (Å²) in [6.45, 7) is 0.839. The fourth-order valence-corrected chi connectivity index (χ4v) is 0.919. The summed E-state index contributed by atoms with van der Waals surface area (Å²) in [6, 6.07) is -1.68. The van der Waals surface area contributed by atoms with Crippen molar-refractivity contribution < 1.29 is 26.3 Å². The molecule has 0 radical (unpaired) electrons. The van der Waals surface area contributed by atoms with Gasteiger partial charge in [0, 0.05) is 6.04 Å². The van der Waals surface area contributed by atoms with Gasteiger partial charge < -0.3 is 5.32 Å². The van der Waals surface area contributed by atoms with E-state index in [9.17, 15) is 26.3 Å². The average Bonchev–Trinajstić information content (AvgIpc) is 1.80. The Labute approximate surface area is 71.1 Å². The molecule has 0 fully saturated rings. The monoisotopic (exact) mass is 209 g/mol. The van der Waals surface area contributed by atoms with Crippen LogP contribution in [0.2, 0.25) is 0 Å². The molecule has 0 aromatic carbocycles. The quantitative estimate of drug-likeness (QED) is 0.688. The number of rotatable bonds is 2. The molecule has 0 amide bonds. The Kier molecular flexibility index (Phi) is 3.60. The molecule has 0 aliphatic carbocycles. The molecule has 0 aromatic rings. The maximum atomic E-state index is 11.9. The van der Waals surface area contributed by atoms with Crippen molar-refractivity contribution in [1.82, 2.24) is 5.32 Å². The lowest BCUT2D eigenvalue weighted by atomic mass is 10.0. The van der Waals surface area contributed by atoms with Gasteiger partial charge in [-0.2, -0.15) is 26.3 Å². The van der Waals surface area contributed by atoms with Gasteiger partial charge in [0.2, 0.25) is 0 Å². The van der Waals surface area contributed by atoms with E-state index < -0.39 is 24.3 Å². The van der Waals surface area contributed by atoms with E-state index in [2.05, 4.69) is 0 Å². The maximum absolute atomic E-state index is 11.9. The topological polar surface area (TPSA) is 12.0 Å². The lowest BCUT2D eigenvalue weighted by molar-refractivity contribution is -0.290. The van der Waals surface area contributed by atoms with Crippen LogP contribution in [0.5, 0.6) is 0 Å². The molecule has 1 unspecified atom stereocenters. The molecule has 0 saturated heterocycles. The minimum absolute atomic E-state index is 0.839. The molecule has 1 atom stereocenters. The van der Waals surface area contributed by atoms with Gasteiger partial charge in [-0.05, 0) is 14.0 Å². The molecule has 0 bridgehead atoms. The van der Waals surface area contributed by atoms with Crippen LogP contribution in [0.3, 0.4) is 0 Å². The summed E-state index contributed by atoms with van der Waals surface area (Å²) in [5.41, 5.74) is 0. The zero-order valence-corrected chi connectivity index (χ0v) is 6.92. The van der Waals surface area contributed by atoms with Crippen LogP contribution in [0, 0.1) is 5.92 Å². The fourth-order valence-electron chi connectivity index (χ4n) is 0.919. The van der Waals surface area contributed by atoms with Crippen molar-refractivity contribution in [1.29, 1.82) is 0 Å². The Balaban J connectivity index is 4.78. The molecular weight excluding hydrogens is 200 g/mol. The molecule has 13 heavy (non-hydrogen) atoms. The third kappa shape index (κ3) is 3.41. The second-order valence-electron chi connectivity index (χ2n) is 2.64. The van der Waals surface area contributed by atoms with E-state index in [4.69, 9.17) is 0 Å². The second kappa shape index (κ2) is 3.73. The average molecular weight is 209 g/mol. The van der Waals surface area contributed by atoms with Crippen LogP contribution in [0.4, 0.5) is 26.3 Å². The highest BCUT2D eigenvalue weighted by Gasteiger charge is 2.58. The molecule has 0 aliphatic rings. The van der Waals surface area contributed by atoms with Crippen LogP contribution in [0.25, 0.3) is 0 Å². The van der Waals surface area contributed by atoms with Crippen LogP contribution in [-0.4, -0.2) is 25.4 Å². The minimum atomic E-state index is -5.26. The number of alkyl halides is 6. The molecule has 0 aliphatic heterocycles. The first-order valence-electron chi connectivity index (χ1n) is 3.41. The molecule has 1 N–H and O–H groups in total. The van der Waals surface area contributed by atoms with Gasteiger partial charge in [-0.25, -0.2) is 0 Å². The number of hydrogen-bond acceptors (Lipinski definition) is 1. The van der Waals surface area contributed by atoms with E-state index in [1.807, 2.05) is 5.32 Å². The van der Waals surface area contributed by atoms with Gasteiger partial charge in [0.25, 0.3) is 0 Å². The lowest BCUT2D eigenvalue weighted by Gasteiger charge is -2.27. The molecule has 0 rings (SSSR count). The SMILES string of the molecule is CNC(C)C(C(F)(F)F)C(F)(F)F. The summed E-state index contributed by atoms with van der Waals surface area (Å²) in [5, 5.41) is 1.94. The Morgan fingerprint density at radius 2 is 1.23 bits per heavy atom. The molecule has 0 saturated carbocycles. The highest BCUT2D eigenvalue weighted by molar-refractivity contribution is 4.83. The summed E-state index contributed by atoms with van der Waals surface area (Å²) in [5.74, 6) is -3.31.